The minimum atomic E-state index is 0.0593. The molecule has 0 unspecified atom stereocenters. The molecule has 142 valence electrons. The van der Waals surface area contributed by atoms with Gasteiger partial charge < -0.3 is 15.2 Å². The average molecular weight is 365 g/mol. The summed E-state index contributed by atoms with van der Waals surface area (Å²) in [5.74, 6) is 0. The SMILES string of the molecule is Cc1cccc(-c2nn(Cc3ccccc3)cc2CNCCOCCO)c1. The quantitative estimate of drug-likeness (QED) is 0.542. The van der Waals surface area contributed by atoms with E-state index in [2.05, 4.69) is 67.0 Å². The van der Waals surface area contributed by atoms with Gasteiger partial charge in [0.15, 0.2) is 0 Å². The number of nitrogens with one attached hydrogen (secondary N) is 1. The van der Waals surface area contributed by atoms with Crippen LogP contribution in [0.2, 0.25) is 0 Å². The van der Waals surface area contributed by atoms with E-state index in [0.29, 0.717) is 13.2 Å². The first-order chi connectivity index (χ1) is 13.3. The predicted molar refractivity (Wildman–Crippen MR) is 108 cm³/mol. The summed E-state index contributed by atoms with van der Waals surface area (Å²) in [6.07, 6.45) is 2.12. The van der Waals surface area contributed by atoms with Gasteiger partial charge in [0.25, 0.3) is 0 Å². The molecule has 3 aromatic rings. The number of aliphatic hydroxyl groups is 1. The Bertz CT molecular complexity index is 831. The lowest BCUT2D eigenvalue weighted by Crippen LogP contribution is -2.20. The van der Waals surface area contributed by atoms with Gasteiger partial charge in [-0.1, -0.05) is 54.1 Å². The molecule has 0 aliphatic heterocycles. The molecule has 0 spiro atoms. The van der Waals surface area contributed by atoms with Crippen LogP contribution in [0.1, 0.15) is 16.7 Å². The van der Waals surface area contributed by atoms with E-state index in [-0.39, 0.29) is 6.61 Å². The Hall–Kier alpha value is -2.47. The fourth-order valence-corrected chi connectivity index (χ4v) is 3.01. The number of nitrogens with zero attached hydrogens (tertiary/aromatic N) is 2. The van der Waals surface area contributed by atoms with E-state index < -0.39 is 0 Å². The first kappa shape index (κ1) is 19.3. The van der Waals surface area contributed by atoms with Gasteiger partial charge in [0.2, 0.25) is 0 Å². The maximum atomic E-state index is 8.75. The van der Waals surface area contributed by atoms with Crippen molar-refractivity contribution in [1.29, 1.82) is 0 Å². The summed E-state index contributed by atoms with van der Waals surface area (Å²) >= 11 is 0. The second kappa shape index (κ2) is 10.0. The van der Waals surface area contributed by atoms with Gasteiger partial charge in [0.05, 0.1) is 32.1 Å². The first-order valence-corrected chi connectivity index (χ1v) is 9.33. The molecule has 0 bridgehead atoms. The summed E-state index contributed by atoms with van der Waals surface area (Å²) in [6.45, 7) is 5.32. The Balaban J connectivity index is 1.74. The van der Waals surface area contributed by atoms with Crippen molar-refractivity contribution in [1.82, 2.24) is 15.1 Å². The highest BCUT2D eigenvalue weighted by molar-refractivity contribution is 5.63. The van der Waals surface area contributed by atoms with Gasteiger partial charge in [-0.2, -0.15) is 5.10 Å². The third kappa shape index (κ3) is 5.76. The Morgan fingerprint density at radius 3 is 2.70 bits per heavy atom. The molecule has 0 saturated heterocycles. The molecule has 5 nitrogen and oxygen atoms in total. The van der Waals surface area contributed by atoms with Crippen LogP contribution in [0, 0.1) is 6.92 Å². The maximum Gasteiger partial charge on any atom is 0.0968 e. The fourth-order valence-electron chi connectivity index (χ4n) is 3.01. The summed E-state index contributed by atoms with van der Waals surface area (Å²) in [5.41, 5.74) is 5.77. The van der Waals surface area contributed by atoms with E-state index in [9.17, 15) is 0 Å². The van der Waals surface area contributed by atoms with Gasteiger partial charge >= 0.3 is 0 Å². The van der Waals surface area contributed by atoms with Crippen LogP contribution in [0.25, 0.3) is 11.3 Å². The molecule has 0 amide bonds. The average Bonchev–Trinajstić information content (AvgIpc) is 3.08. The minimum Gasteiger partial charge on any atom is -0.394 e. The highest BCUT2D eigenvalue weighted by atomic mass is 16.5. The zero-order valence-electron chi connectivity index (χ0n) is 15.8. The summed E-state index contributed by atoms with van der Waals surface area (Å²) in [6, 6.07) is 18.8. The smallest absolute Gasteiger partial charge is 0.0968 e. The van der Waals surface area contributed by atoms with Gasteiger partial charge in [-0.05, 0) is 18.6 Å². The lowest BCUT2D eigenvalue weighted by molar-refractivity contribution is 0.0938. The lowest BCUT2D eigenvalue weighted by Gasteiger charge is -2.06. The fraction of sp³-hybridized carbons (Fsp3) is 0.318. The molecule has 3 rings (SSSR count). The largest absolute Gasteiger partial charge is 0.394 e. The Labute approximate surface area is 160 Å². The highest BCUT2D eigenvalue weighted by Gasteiger charge is 2.11. The predicted octanol–water partition coefficient (Wildman–Crippen LogP) is 3.01. The van der Waals surface area contributed by atoms with Gasteiger partial charge in [-0.15, -0.1) is 0 Å². The van der Waals surface area contributed by atoms with E-state index in [1.165, 1.54) is 16.7 Å². The van der Waals surface area contributed by atoms with Crippen molar-refractivity contribution in [2.75, 3.05) is 26.4 Å². The van der Waals surface area contributed by atoms with Crippen molar-refractivity contribution in [3.63, 3.8) is 0 Å². The van der Waals surface area contributed by atoms with E-state index >= 15 is 0 Å². The van der Waals surface area contributed by atoms with Gasteiger partial charge in [0.1, 0.15) is 0 Å². The second-order valence-electron chi connectivity index (χ2n) is 6.57. The van der Waals surface area contributed by atoms with Crippen LogP contribution < -0.4 is 5.32 Å². The molecule has 27 heavy (non-hydrogen) atoms. The first-order valence-electron chi connectivity index (χ1n) is 9.33. The van der Waals surface area contributed by atoms with Gasteiger partial charge in [-0.3, -0.25) is 4.68 Å². The zero-order chi connectivity index (χ0) is 18.9. The molecule has 1 aromatic heterocycles. The van der Waals surface area contributed by atoms with Crippen LogP contribution in [-0.2, 0) is 17.8 Å². The number of rotatable bonds is 10. The van der Waals surface area contributed by atoms with Crippen LogP contribution in [0.15, 0.2) is 60.8 Å². The molecule has 0 atom stereocenters. The Morgan fingerprint density at radius 2 is 1.93 bits per heavy atom. The summed E-state index contributed by atoms with van der Waals surface area (Å²) in [7, 11) is 0. The third-order valence-electron chi connectivity index (χ3n) is 4.29. The maximum absolute atomic E-state index is 8.75. The third-order valence-corrected chi connectivity index (χ3v) is 4.29. The number of ether oxygens (including phenoxy) is 1. The summed E-state index contributed by atoms with van der Waals surface area (Å²) in [4.78, 5) is 0. The van der Waals surface area contributed by atoms with Crippen molar-refractivity contribution >= 4 is 0 Å². The van der Waals surface area contributed by atoms with E-state index in [0.717, 1.165) is 30.9 Å². The molecule has 0 fully saturated rings. The van der Waals surface area contributed by atoms with Crippen LogP contribution >= 0.6 is 0 Å². The summed E-state index contributed by atoms with van der Waals surface area (Å²) < 4.78 is 7.31. The van der Waals surface area contributed by atoms with Gasteiger partial charge in [-0.25, -0.2) is 0 Å². The Morgan fingerprint density at radius 1 is 1.07 bits per heavy atom. The number of aromatic nitrogens is 2. The van der Waals surface area contributed by atoms with Crippen molar-refractivity contribution in [3.05, 3.63) is 77.5 Å². The molecule has 0 aliphatic carbocycles. The lowest BCUT2D eigenvalue weighted by atomic mass is 10.1. The molecular weight excluding hydrogens is 338 g/mol. The minimum absolute atomic E-state index is 0.0593. The van der Waals surface area contributed by atoms with E-state index in [4.69, 9.17) is 14.9 Å². The van der Waals surface area contributed by atoms with Gasteiger partial charge in [0, 0.05) is 30.4 Å². The van der Waals surface area contributed by atoms with Crippen molar-refractivity contribution in [2.45, 2.75) is 20.0 Å². The molecule has 5 heteroatoms. The second-order valence-corrected chi connectivity index (χ2v) is 6.57. The Kier molecular flexibility index (Phi) is 7.16. The molecule has 0 radical (unpaired) electrons. The van der Waals surface area contributed by atoms with E-state index in [1.807, 2.05) is 10.7 Å². The number of hydrogen-bond donors (Lipinski definition) is 2. The van der Waals surface area contributed by atoms with Crippen LogP contribution in [0.3, 0.4) is 0 Å². The van der Waals surface area contributed by atoms with Crippen molar-refractivity contribution in [2.24, 2.45) is 0 Å². The topological polar surface area (TPSA) is 59.3 Å². The van der Waals surface area contributed by atoms with Crippen molar-refractivity contribution < 1.29 is 9.84 Å². The molecule has 1 heterocycles. The zero-order valence-corrected chi connectivity index (χ0v) is 15.8. The number of benzene rings is 2. The molecule has 0 aliphatic rings. The van der Waals surface area contributed by atoms with Crippen LogP contribution in [0.4, 0.5) is 0 Å². The number of aryl methyl sites for hydroxylation is 1. The highest BCUT2D eigenvalue weighted by Crippen LogP contribution is 2.23. The van der Waals surface area contributed by atoms with E-state index in [1.54, 1.807) is 0 Å². The molecule has 2 aromatic carbocycles. The normalized spacial score (nSPS) is 11.0. The van der Waals surface area contributed by atoms with Crippen molar-refractivity contribution in [3.8, 4) is 11.3 Å². The molecule has 2 N–H and O–H groups in total. The summed E-state index contributed by atoms with van der Waals surface area (Å²) in [5, 5.41) is 17.0. The standard InChI is InChI=1S/C22H27N3O2/c1-18-6-5-9-20(14-18)22-21(15-23-10-12-27-13-11-26)17-25(24-22)16-19-7-3-2-4-8-19/h2-9,14,17,23,26H,10-13,15-16H2,1H3. The molecular formula is C22H27N3O2. The monoisotopic (exact) mass is 365 g/mol. The van der Waals surface area contributed by atoms with Crippen LogP contribution in [0.5, 0.6) is 0 Å². The number of hydrogen-bond acceptors (Lipinski definition) is 4. The number of aliphatic hydroxyl groups excluding tert-OH is 1. The van der Waals surface area contributed by atoms with Crippen LogP contribution in [-0.4, -0.2) is 41.3 Å². The molecule has 0 saturated carbocycles.